The molecule has 0 heterocycles. The minimum Gasteiger partial charge on any atom is -0.462 e. The molecule has 0 bridgehead atoms. The second kappa shape index (κ2) is 6.48. The van der Waals surface area contributed by atoms with Crippen molar-refractivity contribution in [2.45, 2.75) is 6.92 Å². The fraction of sp³-hybridized carbons (Fsp3) is 0.231. The Morgan fingerprint density at radius 3 is 2.35 bits per heavy atom. The molecule has 4 nitrogen and oxygen atoms in total. The third-order valence-corrected chi connectivity index (χ3v) is 1.94. The van der Waals surface area contributed by atoms with Gasteiger partial charge in [0, 0.05) is 0 Å². The van der Waals surface area contributed by atoms with Crippen molar-refractivity contribution in [2.75, 3.05) is 13.2 Å². The van der Waals surface area contributed by atoms with Gasteiger partial charge in [-0.3, -0.25) is 0 Å². The molecular formula is C13H14O4. The van der Waals surface area contributed by atoms with Gasteiger partial charge in [0.05, 0.1) is 17.7 Å². The summed E-state index contributed by atoms with van der Waals surface area (Å²) in [5.41, 5.74) is 0.650. The second-order valence-electron chi connectivity index (χ2n) is 3.19. The van der Waals surface area contributed by atoms with Crippen molar-refractivity contribution in [3.05, 3.63) is 48.0 Å². The predicted molar refractivity (Wildman–Crippen MR) is 62.9 cm³/mol. The Balaban J connectivity index is 2.81. The van der Waals surface area contributed by atoms with E-state index in [9.17, 15) is 9.59 Å². The van der Waals surface area contributed by atoms with Crippen molar-refractivity contribution >= 4 is 11.9 Å². The number of rotatable bonds is 5. The number of hydrogen-bond acceptors (Lipinski definition) is 4. The zero-order valence-corrected chi connectivity index (χ0v) is 9.64. The maximum absolute atomic E-state index is 11.5. The summed E-state index contributed by atoms with van der Waals surface area (Å²) in [6.07, 6.45) is 1.48. The number of carbonyl (C=O) groups excluding carboxylic acids is 2. The average Bonchev–Trinajstić information content (AvgIpc) is 2.36. The van der Waals surface area contributed by atoms with Crippen LogP contribution in [-0.4, -0.2) is 25.2 Å². The van der Waals surface area contributed by atoms with Gasteiger partial charge in [0.15, 0.2) is 0 Å². The van der Waals surface area contributed by atoms with E-state index >= 15 is 0 Å². The van der Waals surface area contributed by atoms with Gasteiger partial charge in [0.25, 0.3) is 0 Å². The van der Waals surface area contributed by atoms with Crippen LogP contribution in [0.2, 0.25) is 0 Å². The van der Waals surface area contributed by atoms with Gasteiger partial charge in [-0.2, -0.15) is 0 Å². The van der Waals surface area contributed by atoms with Crippen LogP contribution in [0.1, 0.15) is 27.6 Å². The molecule has 0 aromatic heterocycles. The van der Waals surface area contributed by atoms with Crippen LogP contribution in [0.4, 0.5) is 0 Å². The molecule has 0 aliphatic rings. The lowest BCUT2D eigenvalue weighted by atomic mass is 10.1. The van der Waals surface area contributed by atoms with Crippen molar-refractivity contribution < 1.29 is 19.1 Å². The zero-order chi connectivity index (χ0) is 12.7. The van der Waals surface area contributed by atoms with Gasteiger partial charge in [0.2, 0.25) is 0 Å². The summed E-state index contributed by atoms with van der Waals surface area (Å²) in [5.74, 6) is -0.943. The maximum atomic E-state index is 11.5. The van der Waals surface area contributed by atoms with Gasteiger partial charge in [-0.1, -0.05) is 18.7 Å². The summed E-state index contributed by atoms with van der Waals surface area (Å²) in [6.45, 7) is 5.60. The van der Waals surface area contributed by atoms with Gasteiger partial charge < -0.3 is 9.47 Å². The van der Waals surface area contributed by atoms with Crippen molar-refractivity contribution in [3.8, 4) is 0 Å². The highest BCUT2D eigenvalue weighted by molar-refractivity contribution is 5.95. The van der Waals surface area contributed by atoms with Crippen LogP contribution in [0.25, 0.3) is 0 Å². The molecule has 0 atom stereocenters. The Hall–Kier alpha value is -2.10. The molecule has 1 aromatic carbocycles. The number of esters is 2. The fourth-order valence-electron chi connectivity index (χ4n) is 1.21. The summed E-state index contributed by atoms with van der Waals surface area (Å²) in [5, 5.41) is 0. The fourth-order valence-corrected chi connectivity index (χ4v) is 1.21. The lowest BCUT2D eigenvalue weighted by Crippen LogP contribution is -2.09. The van der Waals surface area contributed by atoms with Gasteiger partial charge >= 0.3 is 11.9 Å². The summed E-state index contributed by atoms with van der Waals surface area (Å²) in [6, 6.07) is 6.22. The Morgan fingerprint density at radius 2 is 1.82 bits per heavy atom. The van der Waals surface area contributed by atoms with E-state index in [2.05, 4.69) is 6.58 Å². The van der Waals surface area contributed by atoms with Gasteiger partial charge in [-0.15, -0.1) is 0 Å². The Bertz CT molecular complexity index is 423. The third kappa shape index (κ3) is 3.75. The van der Waals surface area contributed by atoms with Crippen LogP contribution in [0.3, 0.4) is 0 Å². The molecule has 0 spiro atoms. The van der Waals surface area contributed by atoms with E-state index in [1.807, 2.05) is 0 Å². The van der Waals surface area contributed by atoms with Crippen LogP contribution < -0.4 is 0 Å². The highest BCUT2D eigenvalue weighted by Gasteiger charge is 2.11. The zero-order valence-electron chi connectivity index (χ0n) is 9.64. The van der Waals surface area contributed by atoms with Crippen molar-refractivity contribution in [2.24, 2.45) is 0 Å². The summed E-state index contributed by atoms with van der Waals surface area (Å²) in [4.78, 5) is 23.0. The van der Waals surface area contributed by atoms with Crippen LogP contribution in [0, 0.1) is 0 Å². The molecule has 0 aliphatic heterocycles. The highest BCUT2D eigenvalue weighted by atomic mass is 16.5. The van der Waals surface area contributed by atoms with Crippen molar-refractivity contribution in [1.29, 1.82) is 0 Å². The summed E-state index contributed by atoms with van der Waals surface area (Å²) >= 11 is 0. The molecule has 0 saturated carbocycles. The lowest BCUT2D eigenvalue weighted by Gasteiger charge is -2.04. The molecule has 0 radical (unpaired) electrons. The van der Waals surface area contributed by atoms with E-state index in [0.29, 0.717) is 17.7 Å². The Labute approximate surface area is 99.8 Å². The predicted octanol–water partition coefficient (Wildman–Crippen LogP) is 2.21. The monoisotopic (exact) mass is 234 g/mol. The van der Waals surface area contributed by atoms with E-state index in [0.717, 1.165) is 0 Å². The SMILES string of the molecule is C=CCOC(=O)c1cccc(C(=O)OCC)c1. The molecular weight excluding hydrogens is 220 g/mol. The first-order valence-corrected chi connectivity index (χ1v) is 5.24. The molecule has 90 valence electrons. The third-order valence-electron chi connectivity index (χ3n) is 1.94. The van der Waals surface area contributed by atoms with Crippen LogP contribution in [0.5, 0.6) is 0 Å². The summed E-state index contributed by atoms with van der Waals surface area (Å²) < 4.78 is 9.70. The van der Waals surface area contributed by atoms with E-state index in [-0.39, 0.29) is 6.61 Å². The van der Waals surface area contributed by atoms with E-state index in [1.165, 1.54) is 12.1 Å². The number of benzene rings is 1. The minimum absolute atomic E-state index is 0.141. The van der Waals surface area contributed by atoms with E-state index in [1.54, 1.807) is 25.1 Å². The topological polar surface area (TPSA) is 52.6 Å². The molecule has 1 aromatic rings. The Kier molecular flexibility index (Phi) is 4.94. The molecule has 4 heteroatoms. The van der Waals surface area contributed by atoms with Gasteiger partial charge in [0.1, 0.15) is 6.61 Å². The average molecular weight is 234 g/mol. The quantitative estimate of drug-likeness (QED) is 0.579. The molecule has 0 unspecified atom stereocenters. The van der Waals surface area contributed by atoms with E-state index in [4.69, 9.17) is 9.47 Å². The van der Waals surface area contributed by atoms with E-state index < -0.39 is 11.9 Å². The minimum atomic E-state index is -0.490. The molecule has 1 rings (SSSR count). The van der Waals surface area contributed by atoms with Crippen molar-refractivity contribution in [3.63, 3.8) is 0 Å². The maximum Gasteiger partial charge on any atom is 0.338 e. The van der Waals surface area contributed by atoms with Crippen LogP contribution in [0.15, 0.2) is 36.9 Å². The normalized spacial score (nSPS) is 9.47. The number of ether oxygens (including phenoxy) is 2. The largest absolute Gasteiger partial charge is 0.462 e. The van der Waals surface area contributed by atoms with Crippen LogP contribution in [-0.2, 0) is 9.47 Å². The lowest BCUT2D eigenvalue weighted by molar-refractivity contribution is 0.0526. The van der Waals surface area contributed by atoms with Crippen molar-refractivity contribution in [1.82, 2.24) is 0 Å². The first kappa shape index (κ1) is 13.0. The van der Waals surface area contributed by atoms with Gasteiger partial charge in [-0.25, -0.2) is 9.59 Å². The Morgan fingerprint density at radius 1 is 1.24 bits per heavy atom. The van der Waals surface area contributed by atoms with Gasteiger partial charge in [-0.05, 0) is 25.1 Å². The molecule has 0 aliphatic carbocycles. The molecule has 0 fully saturated rings. The molecule has 0 amide bonds. The number of hydrogen-bond donors (Lipinski definition) is 0. The summed E-state index contributed by atoms with van der Waals surface area (Å²) in [7, 11) is 0. The first-order valence-electron chi connectivity index (χ1n) is 5.24. The molecule has 0 N–H and O–H groups in total. The smallest absolute Gasteiger partial charge is 0.338 e. The first-order chi connectivity index (χ1) is 8.19. The number of carbonyl (C=O) groups is 2. The van der Waals surface area contributed by atoms with Crippen LogP contribution >= 0.6 is 0 Å². The molecule has 17 heavy (non-hydrogen) atoms. The standard InChI is InChI=1S/C13H14O4/c1-3-8-17-13(15)11-7-5-6-10(9-11)12(14)16-4-2/h3,5-7,9H,1,4,8H2,2H3. The highest BCUT2D eigenvalue weighted by Crippen LogP contribution is 2.08. The second-order valence-corrected chi connectivity index (χ2v) is 3.19. The molecule has 0 saturated heterocycles.